The average Bonchev–Trinajstić information content (AvgIpc) is 2.56. The van der Waals surface area contributed by atoms with Gasteiger partial charge in [-0.3, -0.25) is 9.97 Å². The summed E-state index contributed by atoms with van der Waals surface area (Å²) in [5.41, 5.74) is 5.24. The molecule has 0 radical (unpaired) electrons. The Morgan fingerprint density at radius 3 is 1.71 bits per heavy atom. The fourth-order valence-corrected chi connectivity index (χ4v) is 2.21. The molecule has 0 bridgehead atoms. The van der Waals surface area contributed by atoms with Gasteiger partial charge in [0.05, 0.1) is 11.4 Å². The predicted octanol–water partition coefficient (Wildman–Crippen LogP) is 4.33. The second kappa shape index (κ2) is 5.83. The van der Waals surface area contributed by atoms with Gasteiger partial charge in [-0.25, -0.2) is 4.98 Å². The van der Waals surface area contributed by atoms with E-state index in [4.69, 9.17) is 4.98 Å². The molecule has 104 valence electrons. The van der Waals surface area contributed by atoms with Gasteiger partial charge in [-0.1, -0.05) is 13.8 Å². The van der Waals surface area contributed by atoms with E-state index in [9.17, 15) is 0 Å². The molecule has 0 aliphatic rings. The zero-order chi connectivity index (χ0) is 14.7. The first-order valence-corrected chi connectivity index (χ1v) is 7.07. The molecule has 0 amide bonds. The van der Waals surface area contributed by atoms with Crippen LogP contribution in [0.4, 0.5) is 0 Å². The van der Waals surface area contributed by atoms with E-state index in [1.165, 1.54) is 5.56 Å². The second-order valence-corrected chi connectivity index (χ2v) is 5.31. The van der Waals surface area contributed by atoms with Crippen LogP contribution in [0, 0.1) is 0 Å². The standard InChI is InChI=1S/C18H17N3/c1-13(2)16-9-17(14-5-3-7-19-11-14)21-18(10-16)15-6-4-8-20-12-15/h3-13H,1-2H3. The van der Waals surface area contributed by atoms with E-state index in [2.05, 4.69) is 35.9 Å². The lowest BCUT2D eigenvalue weighted by atomic mass is 9.99. The predicted molar refractivity (Wildman–Crippen MR) is 84.8 cm³/mol. The maximum atomic E-state index is 4.78. The third-order valence-electron chi connectivity index (χ3n) is 3.43. The van der Waals surface area contributed by atoms with Crippen LogP contribution in [0.25, 0.3) is 22.5 Å². The molecule has 0 saturated carbocycles. The molecule has 0 unspecified atom stereocenters. The van der Waals surface area contributed by atoms with Crippen molar-refractivity contribution in [2.24, 2.45) is 0 Å². The summed E-state index contributed by atoms with van der Waals surface area (Å²) >= 11 is 0. The Kier molecular flexibility index (Phi) is 3.73. The number of rotatable bonds is 3. The Morgan fingerprint density at radius 2 is 1.33 bits per heavy atom. The Labute approximate surface area is 124 Å². The van der Waals surface area contributed by atoms with Crippen LogP contribution >= 0.6 is 0 Å². The molecule has 21 heavy (non-hydrogen) atoms. The van der Waals surface area contributed by atoms with Crippen LogP contribution in [-0.2, 0) is 0 Å². The third kappa shape index (κ3) is 2.97. The minimum Gasteiger partial charge on any atom is -0.264 e. The molecular weight excluding hydrogens is 258 g/mol. The van der Waals surface area contributed by atoms with E-state index in [0.717, 1.165) is 22.5 Å². The molecule has 0 atom stereocenters. The van der Waals surface area contributed by atoms with Crippen molar-refractivity contribution in [1.29, 1.82) is 0 Å². The van der Waals surface area contributed by atoms with E-state index in [-0.39, 0.29) is 0 Å². The van der Waals surface area contributed by atoms with E-state index in [1.807, 2.05) is 36.7 Å². The Bertz CT molecular complexity index is 664. The number of hydrogen-bond acceptors (Lipinski definition) is 3. The molecule has 0 aliphatic heterocycles. The molecule has 0 saturated heterocycles. The van der Waals surface area contributed by atoms with E-state index >= 15 is 0 Å². The van der Waals surface area contributed by atoms with Crippen LogP contribution in [0.1, 0.15) is 25.3 Å². The summed E-state index contributed by atoms with van der Waals surface area (Å²) in [7, 11) is 0. The highest BCUT2D eigenvalue weighted by Crippen LogP contribution is 2.27. The van der Waals surface area contributed by atoms with Gasteiger partial charge >= 0.3 is 0 Å². The molecule has 0 N–H and O–H groups in total. The fourth-order valence-electron chi connectivity index (χ4n) is 2.21. The zero-order valence-corrected chi connectivity index (χ0v) is 12.2. The molecule has 0 aromatic carbocycles. The van der Waals surface area contributed by atoms with Crippen molar-refractivity contribution in [3.63, 3.8) is 0 Å². The van der Waals surface area contributed by atoms with Crippen molar-refractivity contribution < 1.29 is 0 Å². The maximum absolute atomic E-state index is 4.78. The van der Waals surface area contributed by atoms with Crippen LogP contribution < -0.4 is 0 Å². The van der Waals surface area contributed by atoms with Gasteiger partial charge in [-0.2, -0.15) is 0 Å². The summed E-state index contributed by atoms with van der Waals surface area (Å²) in [4.78, 5) is 13.1. The van der Waals surface area contributed by atoms with Crippen molar-refractivity contribution in [2.75, 3.05) is 0 Å². The normalized spacial score (nSPS) is 10.8. The summed E-state index contributed by atoms with van der Waals surface area (Å²) in [6, 6.07) is 12.2. The molecule has 0 spiro atoms. The first kappa shape index (κ1) is 13.4. The maximum Gasteiger partial charge on any atom is 0.0727 e. The van der Waals surface area contributed by atoms with Crippen LogP contribution in [0.2, 0.25) is 0 Å². The first-order valence-electron chi connectivity index (χ1n) is 7.07. The van der Waals surface area contributed by atoms with Gasteiger partial charge in [-0.05, 0) is 47.9 Å². The van der Waals surface area contributed by atoms with Crippen molar-refractivity contribution >= 4 is 0 Å². The minimum absolute atomic E-state index is 0.443. The fraction of sp³-hybridized carbons (Fsp3) is 0.167. The topological polar surface area (TPSA) is 38.7 Å². The first-order chi connectivity index (χ1) is 10.2. The van der Waals surface area contributed by atoms with E-state index < -0.39 is 0 Å². The minimum atomic E-state index is 0.443. The van der Waals surface area contributed by atoms with Gasteiger partial charge < -0.3 is 0 Å². The van der Waals surface area contributed by atoms with Crippen LogP contribution in [0.15, 0.2) is 61.2 Å². The molecule has 3 heterocycles. The van der Waals surface area contributed by atoms with Gasteiger partial charge in [0.1, 0.15) is 0 Å². The van der Waals surface area contributed by atoms with Gasteiger partial charge in [0.2, 0.25) is 0 Å². The molecule has 3 heteroatoms. The summed E-state index contributed by atoms with van der Waals surface area (Å²) in [5, 5.41) is 0. The van der Waals surface area contributed by atoms with Crippen molar-refractivity contribution in [3.05, 3.63) is 66.7 Å². The lowest BCUT2D eigenvalue weighted by molar-refractivity contribution is 0.864. The van der Waals surface area contributed by atoms with Crippen LogP contribution in [-0.4, -0.2) is 15.0 Å². The quantitative estimate of drug-likeness (QED) is 0.714. The Hall–Kier alpha value is -2.55. The smallest absolute Gasteiger partial charge is 0.0727 e. The van der Waals surface area contributed by atoms with Gasteiger partial charge in [0, 0.05) is 35.9 Å². The summed E-state index contributed by atoms with van der Waals surface area (Å²) in [5.74, 6) is 0.443. The summed E-state index contributed by atoms with van der Waals surface area (Å²) < 4.78 is 0. The highest BCUT2D eigenvalue weighted by Gasteiger charge is 2.09. The number of hydrogen-bond donors (Lipinski definition) is 0. The van der Waals surface area contributed by atoms with Crippen LogP contribution in [0.5, 0.6) is 0 Å². The highest BCUT2D eigenvalue weighted by molar-refractivity contribution is 5.66. The van der Waals surface area contributed by atoms with Gasteiger partial charge in [0.15, 0.2) is 0 Å². The van der Waals surface area contributed by atoms with Crippen molar-refractivity contribution in [2.45, 2.75) is 19.8 Å². The largest absolute Gasteiger partial charge is 0.264 e. The summed E-state index contributed by atoms with van der Waals surface area (Å²) in [6.45, 7) is 4.38. The molecule has 3 rings (SSSR count). The van der Waals surface area contributed by atoms with E-state index in [1.54, 1.807) is 12.4 Å². The molecule has 0 aliphatic carbocycles. The number of aromatic nitrogens is 3. The average molecular weight is 275 g/mol. The molecule has 3 aromatic rings. The van der Waals surface area contributed by atoms with Gasteiger partial charge in [0.25, 0.3) is 0 Å². The van der Waals surface area contributed by atoms with E-state index in [0.29, 0.717) is 5.92 Å². The lowest BCUT2D eigenvalue weighted by Gasteiger charge is -2.11. The molecule has 3 nitrogen and oxygen atoms in total. The van der Waals surface area contributed by atoms with Gasteiger partial charge in [-0.15, -0.1) is 0 Å². The number of pyridine rings is 3. The SMILES string of the molecule is CC(C)c1cc(-c2cccnc2)nc(-c2cccnc2)c1. The van der Waals surface area contributed by atoms with Crippen molar-refractivity contribution in [1.82, 2.24) is 15.0 Å². The lowest BCUT2D eigenvalue weighted by Crippen LogP contribution is -1.95. The highest BCUT2D eigenvalue weighted by atomic mass is 14.7. The van der Waals surface area contributed by atoms with Crippen molar-refractivity contribution in [3.8, 4) is 22.5 Å². The molecule has 0 fully saturated rings. The summed E-state index contributed by atoms with van der Waals surface area (Å²) in [6.07, 6.45) is 7.24. The Morgan fingerprint density at radius 1 is 0.810 bits per heavy atom. The number of nitrogens with zero attached hydrogens (tertiary/aromatic N) is 3. The third-order valence-corrected chi connectivity index (χ3v) is 3.43. The second-order valence-electron chi connectivity index (χ2n) is 5.31. The zero-order valence-electron chi connectivity index (χ0n) is 12.2. The van der Waals surface area contributed by atoms with Crippen LogP contribution in [0.3, 0.4) is 0 Å². The monoisotopic (exact) mass is 275 g/mol. The Balaban J connectivity index is 2.16. The molecule has 3 aromatic heterocycles. The molecular formula is C18H17N3.